The molecule has 5 rings (SSSR count). The topological polar surface area (TPSA) is 109 Å². The molecule has 8 nitrogen and oxygen atoms in total. The van der Waals surface area contributed by atoms with Gasteiger partial charge in [-0.3, -0.25) is 14.6 Å². The number of H-pyrrole nitrogens is 1. The zero-order valence-corrected chi connectivity index (χ0v) is 20.9. The molecule has 2 aromatic carbocycles. The fourth-order valence-electron chi connectivity index (χ4n) is 4.75. The Morgan fingerprint density at radius 3 is 2.69 bits per heavy atom. The monoisotopic (exact) mass is 503 g/mol. The van der Waals surface area contributed by atoms with Crippen LogP contribution >= 0.6 is 11.3 Å². The molecule has 36 heavy (non-hydrogen) atoms. The minimum Gasteiger partial charge on any atom is -0.489 e. The van der Waals surface area contributed by atoms with Crippen LogP contribution in [0, 0.1) is 12.8 Å². The quantitative estimate of drug-likeness (QED) is 0.339. The van der Waals surface area contributed by atoms with E-state index >= 15 is 0 Å². The molecule has 1 atom stereocenters. The summed E-state index contributed by atoms with van der Waals surface area (Å²) in [6.45, 7) is 4.24. The molecule has 1 aliphatic heterocycles. The summed E-state index contributed by atoms with van der Waals surface area (Å²) in [6.07, 6.45) is 2.49. The number of aryl methyl sites for hydroxylation is 1. The number of aromatic amines is 1. The van der Waals surface area contributed by atoms with Crippen molar-refractivity contribution in [3.8, 4) is 5.75 Å². The molecule has 0 aliphatic carbocycles. The molecule has 1 fully saturated rings. The third kappa shape index (κ3) is 5.80. The van der Waals surface area contributed by atoms with E-state index in [-0.39, 0.29) is 16.8 Å². The van der Waals surface area contributed by atoms with Crippen molar-refractivity contribution in [3.05, 3.63) is 86.1 Å². The number of ether oxygens (including phenoxy) is 1. The number of para-hydroxylation sites is 1. The number of aromatic nitrogens is 3. The van der Waals surface area contributed by atoms with Gasteiger partial charge in [-0.1, -0.05) is 29.5 Å². The second-order valence-corrected chi connectivity index (χ2v) is 10.2. The number of nitrogens with one attached hydrogen (secondary N) is 3. The van der Waals surface area contributed by atoms with Crippen LogP contribution in [-0.4, -0.2) is 40.2 Å². The van der Waals surface area contributed by atoms with Crippen LogP contribution in [0.1, 0.15) is 39.5 Å². The fourth-order valence-corrected chi connectivity index (χ4v) is 5.41. The van der Waals surface area contributed by atoms with Gasteiger partial charge in [-0.2, -0.15) is 5.10 Å². The van der Waals surface area contributed by atoms with Gasteiger partial charge in [0.2, 0.25) is 0 Å². The Balaban J connectivity index is 1.25. The molecule has 1 saturated heterocycles. The molecular formula is C27H29N5O3S. The van der Waals surface area contributed by atoms with Crippen molar-refractivity contribution in [2.24, 2.45) is 5.92 Å². The largest absolute Gasteiger partial charge is 0.489 e. The molecular weight excluding hydrogens is 474 g/mol. The van der Waals surface area contributed by atoms with Gasteiger partial charge in [0.1, 0.15) is 17.4 Å². The predicted molar refractivity (Wildman–Crippen MR) is 141 cm³/mol. The van der Waals surface area contributed by atoms with Crippen molar-refractivity contribution in [3.63, 3.8) is 0 Å². The Morgan fingerprint density at radius 2 is 1.94 bits per heavy atom. The molecule has 0 bridgehead atoms. The molecule has 0 radical (unpaired) electrons. The lowest BCUT2D eigenvalue weighted by atomic mass is 9.88. The number of piperidine rings is 1. The molecule has 3 N–H and O–H groups in total. The van der Waals surface area contributed by atoms with E-state index in [9.17, 15) is 9.59 Å². The Hall–Kier alpha value is -3.56. The third-order valence-electron chi connectivity index (χ3n) is 6.59. The highest BCUT2D eigenvalue weighted by Gasteiger charge is 2.27. The normalized spacial score (nSPS) is 15.0. The second kappa shape index (κ2) is 11.0. The Morgan fingerprint density at radius 1 is 1.17 bits per heavy atom. The molecule has 1 unspecified atom stereocenters. The van der Waals surface area contributed by atoms with E-state index < -0.39 is 0 Å². The smallest absolute Gasteiger partial charge is 0.322 e. The summed E-state index contributed by atoms with van der Waals surface area (Å²) >= 11 is 1.10. The maximum atomic E-state index is 13.1. The SMILES string of the molecule is Cc1cc(COc2ccc(C(=O)NC(Cc3n[nH]c(=O)s3)C3CCNCC3)cc2)c2ccccc2n1. The Bertz CT molecular complexity index is 1390. The van der Waals surface area contributed by atoms with Crippen LogP contribution < -0.4 is 20.2 Å². The molecule has 0 saturated carbocycles. The summed E-state index contributed by atoms with van der Waals surface area (Å²) in [5.41, 5.74) is 3.55. The minimum absolute atomic E-state index is 0.0855. The number of hydrogen-bond donors (Lipinski definition) is 3. The van der Waals surface area contributed by atoms with Gasteiger partial charge >= 0.3 is 4.87 Å². The highest BCUT2D eigenvalue weighted by Crippen LogP contribution is 2.23. The van der Waals surface area contributed by atoms with Crippen molar-refractivity contribution < 1.29 is 9.53 Å². The van der Waals surface area contributed by atoms with Crippen LogP contribution in [0.3, 0.4) is 0 Å². The first-order valence-electron chi connectivity index (χ1n) is 12.2. The minimum atomic E-state index is -0.175. The maximum absolute atomic E-state index is 13.1. The van der Waals surface area contributed by atoms with Crippen LogP contribution in [0.5, 0.6) is 5.75 Å². The molecule has 4 aromatic rings. The van der Waals surface area contributed by atoms with Gasteiger partial charge in [-0.05, 0) is 75.2 Å². The van der Waals surface area contributed by atoms with Gasteiger partial charge in [0.25, 0.3) is 5.91 Å². The number of benzene rings is 2. The lowest BCUT2D eigenvalue weighted by molar-refractivity contribution is 0.0914. The Labute approximate surface area is 213 Å². The number of pyridine rings is 1. The molecule has 1 amide bonds. The zero-order valence-electron chi connectivity index (χ0n) is 20.1. The lowest BCUT2D eigenvalue weighted by Gasteiger charge is -2.31. The first-order valence-corrected chi connectivity index (χ1v) is 13.0. The highest BCUT2D eigenvalue weighted by molar-refractivity contribution is 7.08. The van der Waals surface area contributed by atoms with Gasteiger partial charge in [0, 0.05) is 34.7 Å². The Kier molecular flexibility index (Phi) is 7.39. The number of nitrogens with zero attached hydrogens (tertiary/aromatic N) is 2. The average Bonchev–Trinajstić information content (AvgIpc) is 3.32. The lowest BCUT2D eigenvalue weighted by Crippen LogP contribution is -2.45. The van der Waals surface area contributed by atoms with Gasteiger partial charge < -0.3 is 15.4 Å². The van der Waals surface area contributed by atoms with Crippen molar-refractivity contribution >= 4 is 28.1 Å². The number of hydrogen-bond acceptors (Lipinski definition) is 7. The first-order chi connectivity index (χ1) is 17.5. The van der Waals surface area contributed by atoms with E-state index in [0.29, 0.717) is 35.3 Å². The molecule has 0 spiro atoms. The highest BCUT2D eigenvalue weighted by atomic mass is 32.1. The van der Waals surface area contributed by atoms with Gasteiger partial charge in [-0.25, -0.2) is 5.10 Å². The van der Waals surface area contributed by atoms with Crippen molar-refractivity contribution in [2.75, 3.05) is 13.1 Å². The predicted octanol–water partition coefficient (Wildman–Crippen LogP) is 3.61. The van der Waals surface area contributed by atoms with Crippen LogP contribution in [0.2, 0.25) is 0 Å². The van der Waals surface area contributed by atoms with E-state index in [1.165, 1.54) is 0 Å². The fraction of sp³-hybridized carbons (Fsp3) is 0.333. The number of amides is 1. The summed E-state index contributed by atoms with van der Waals surface area (Å²) in [4.78, 5) is 29.1. The van der Waals surface area contributed by atoms with Crippen LogP contribution in [0.15, 0.2) is 59.4 Å². The molecule has 2 aromatic heterocycles. The zero-order chi connectivity index (χ0) is 24.9. The van der Waals surface area contributed by atoms with E-state index in [1.807, 2.05) is 49.4 Å². The second-order valence-electron chi connectivity index (χ2n) is 9.13. The van der Waals surface area contributed by atoms with Crippen molar-refractivity contribution in [1.29, 1.82) is 0 Å². The average molecular weight is 504 g/mol. The van der Waals surface area contributed by atoms with E-state index in [4.69, 9.17) is 4.74 Å². The van der Waals surface area contributed by atoms with Crippen LogP contribution in [-0.2, 0) is 13.0 Å². The standard InChI is InChI=1S/C27H29N5O3S/c1-17-14-20(22-4-2-3-5-23(22)29-17)16-35-21-8-6-19(7-9-21)26(33)30-24(18-10-12-28-13-11-18)15-25-31-32-27(34)36-25/h2-9,14,18,24,28H,10-13,15-16H2,1H3,(H,30,33)(H,32,34). The van der Waals surface area contributed by atoms with Crippen LogP contribution in [0.25, 0.3) is 10.9 Å². The first kappa shape index (κ1) is 24.1. The molecule has 1 aliphatic rings. The summed E-state index contributed by atoms with van der Waals surface area (Å²) in [5.74, 6) is 0.889. The van der Waals surface area contributed by atoms with Crippen LogP contribution in [0.4, 0.5) is 0 Å². The van der Waals surface area contributed by atoms with E-state index in [2.05, 4.69) is 25.8 Å². The third-order valence-corrected chi connectivity index (χ3v) is 7.36. The maximum Gasteiger partial charge on any atom is 0.322 e. The van der Waals surface area contributed by atoms with Gasteiger partial charge in [0.15, 0.2) is 0 Å². The molecule has 3 heterocycles. The number of rotatable bonds is 8. The summed E-state index contributed by atoms with van der Waals surface area (Å²) in [5, 5.41) is 14.9. The summed E-state index contributed by atoms with van der Waals surface area (Å²) < 4.78 is 6.04. The van der Waals surface area contributed by atoms with Gasteiger partial charge in [-0.15, -0.1) is 0 Å². The summed E-state index contributed by atoms with van der Waals surface area (Å²) in [7, 11) is 0. The van der Waals surface area contributed by atoms with Gasteiger partial charge in [0.05, 0.1) is 5.52 Å². The molecule has 9 heteroatoms. The number of fused-ring (bicyclic) bond motifs is 1. The van der Waals surface area contributed by atoms with Crippen molar-refractivity contribution in [2.45, 2.75) is 38.8 Å². The summed E-state index contributed by atoms with van der Waals surface area (Å²) in [6, 6.07) is 17.2. The van der Waals surface area contributed by atoms with Crippen molar-refractivity contribution in [1.82, 2.24) is 25.8 Å². The number of carbonyl (C=O) groups excluding carboxylic acids is 1. The molecule has 186 valence electrons. The van der Waals surface area contributed by atoms with E-state index in [0.717, 1.165) is 59.4 Å². The van der Waals surface area contributed by atoms with E-state index in [1.54, 1.807) is 12.1 Å². The number of carbonyl (C=O) groups is 1.